The third kappa shape index (κ3) is 4.93. The van der Waals surface area contributed by atoms with E-state index in [0.29, 0.717) is 45.4 Å². The monoisotopic (exact) mass is 355 g/mol. The fraction of sp³-hybridized carbons (Fsp3) is 0.667. The molecule has 1 aromatic rings. The normalized spacial score (nSPS) is 22.6. The van der Waals surface area contributed by atoms with E-state index in [9.17, 15) is 18.0 Å². The number of alkyl halides is 3. The summed E-state index contributed by atoms with van der Waals surface area (Å²) in [4.78, 5) is 20.4. The van der Waals surface area contributed by atoms with Gasteiger partial charge in [0.05, 0.1) is 0 Å². The molecule has 0 unspecified atom stereocenters. The Morgan fingerprint density at radius 2 is 2.08 bits per heavy atom. The fourth-order valence-electron chi connectivity index (χ4n) is 3.79. The average Bonchev–Trinajstić information content (AvgIpc) is 2.99. The summed E-state index contributed by atoms with van der Waals surface area (Å²) in [6, 6.07) is 3.82. The van der Waals surface area contributed by atoms with E-state index in [2.05, 4.69) is 9.88 Å². The van der Waals surface area contributed by atoms with E-state index >= 15 is 0 Å². The Hall–Kier alpha value is -1.63. The lowest BCUT2D eigenvalue weighted by molar-refractivity contribution is -0.143. The van der Waals surface area contributed by atoms with E-state index in [-0.39, 0.29) is 11.8 Å². The molecule has 0 aliphatic carbocycles. The molecule has 1 amide bonds. The van der Waals surface area contributed by atoms with Crippen molar-refractivity contribution >= 4 is 11.7 Å². The maximum Gasteiger partial charge on any atom is 0.389 e. The lowest BCUT2D eigenvalue weighted by atomic mass is 10.1. The van der Waals surface area contributed by atoms with Crippen LogP contribution in [0.25, 0.3) is 0 Å². The molecule has 0 N–H and O–H groups in total. The summed E-state index contributed by atoms with van der Waals surface area (Å²) < 4.78 is 37.5. The summed E-state index contributed by atoms with van der Waals surface area (Å²) in [6.07, 6.45) is 0.682. The summed E-state index contributed by atoms with van der Waals surface area (Å²) in [5, 5.41) is 0. The van der Waals surface area contributed by atoms with Crippen LogP contribution in [-0.2, 0) is 11.2 Å². The first-order valence-corrected chi connectivity index (χ1v) is 8.96. The summed E-state index contributed by atoms with van der Waals surface area (Å²) >= 11 is 0. The minimum atomic E-state index is -4.08. The van der Waals surface area contributed by atoms with Crippen molar-refractivity contribution in [2.24, 2.45) is 5.92 Å². The van der Waals surface area contributed by atoms with Crippen LogP contribution in [0.5, 0.6) is 0 Å². The molecule has 1 atom stereocenters. The van der Waals surface area contributed by atoms with E-state index in [1.165, 1.54) is 0 Å². The number of amides is 1. The Labute approximate surface area is 146 Å². The van der Waals surface area contributed by atoms with E-state index in [1.54, 1.807) is 11.1 Å². The van der Waals surface area contributed by atoms with Gasteiger partial charge in [0, 0.05) is 38.7 Å². The van der Waals surface area contributed by atoms with Gasteiger partial charge in [0.15, 0.2) is 0 Å². The van der Waals surface area contributed by atoms with Crippen LogP contribution >= 0.6 is 0 Å². The van der Waals surface area contributed by atoms with Crippen LogP contribution in [0.2, 0.25) is 0 Å². The Bertz CT molecular complexity index is 605. The van der Waals surface area contributed by atoms with Gasteiger partial charge < -0.3 is 4.90 Å². The topological polar surface area (TPSA) is 36.4 Å². The van der Waals surface area contributed by atoms with Gasteiger partial charge in [-0.2, -0.15) is 13.2 Å². The molecule has 2 fully saturated rings. The Kier molecular flexibility index (Phi) is 5.61. The fourth-order valence-corrected chi connectivity index (χ4v) is 3.79. The molecule has 0 radical (unpaired) electrons. The van der Waals surface area contributed by atoms with Crippen LogP contribution in [0.1, 0.15) is 37.7 Å². The predicted octanol–water partition coefficient (Wildman–Crippen LogP) is 3.42. The van der Waals surface area contributed by atoms with Crippen LogP contribution in [0.3, 0.4) is 0 Å². The number of pyridine rings is 1. The number of hydrogen-bond donors (Lipinski definition) is 0. The second kappa shape index (κ2) is 7.72. The maximum absolute atomic E-state index is 12.5. The van der Waals surface area contributed by atoms with Crippen molar-refractivity contribution in [3.63, 3.8) is 0 Å². The van der Waals surface area contributed by atoms with Gasteiger partial charge >= 0.3 is 6.18 Å². The van der Waals surface area contributed by atoms with Crippen molar-refractivity contribution in [3.8, 4) is 0 Å². The van der Waals surface area contributed by atoms with Gasteiger partial charge in [-0.05, 0) is 49.8 Å². The zero-order valence-electron chi connectivity index (χ0n) is 14.3. The lowest BCUT2D eigenvalue weighted by Gasteiger charge is -2.28. The molecule has 3 rings (SSSR count). The van der Waals surface area contributed by atoms with Crippen LogP contribution in [0.15, 0.2) is 18.3 Å². The highest BCUT2D eigenvalue weighted by atomic mass is 19.4. The van der Waals surface area contributed by atoms with Gasteiger partial charge in [0.25, 0.3) is 0 Å². The average molecular weight is 355 g/mol. The van der Waals surface area contributed by atoms with Crippen molar-refractivity contribution in [2.75, 3.05) is 31.1 Å². The number of anilines is 1. The number of aromatic nitrogens is 1. The Morgan fingerprint density at radius 1 is 1.24 bits per heavy atom. The zero-order valence-corrected chi connectivity index (χ0v) is 14.3. The van der Waals surface area contributed by atoms with Crippen LogP contribution in [0, 0.1) is 5.92 Å². The number of piperidine rings is 1. The molecule has 0 bridgehead atoms. The SMILES string of the molecule is O=C1CCCCN1c1ncccc1CCN1CC[C@H](CC(F)(F)F)C1. The van der Waals surface area contributed by atoms with E-state index in [0.717, 1.165) is 24.2 Å². The molecular weight excluding hydrogens is 331 g/mol. The third-order valence-electron chi connectivity index (χ3n) is 5.03. The molecule has 2 saturated heterocycles. The molecule has 7 heteroatoms. The number of nitrogens with zero attached hydrogens (tertiary/aromatic N) is 3. The maximum atomic E-state index is 12.5. The lowest BCUT2D eigenvalue weighted by Crippen LogP contribution is -2.36. The smallest absolute Gasteiger partial charge is 0.303 e. The van der Waals surface area contributed by atoms with Gasteiger partial charge in [-0.15, -0.1) is 0 Å². The van der Waals surface area contributed by atoms with Gasteiger partial charge in [-0.25, -0.2) is 4.98 Å². The first-order chi connectivity index (χ1) is 11.9. The summed E-state index contributed by atoms with van der Waals surface area (Å²) in [6.45, 7) is 2.60. The number of carbonyl (C=O) groups is 1. The minimum Gasteiger partial charge on any atom is -0.303 e. The van der Waals surface area contributed by atoms with Crippen LogP contribution < -0.4 is 4.90 Å². The molecule has 4 nitrogen and oxygen atoms in total. The first-order valence-electron chi connectivity index (χ1n) is 8.96. The van der Waals surface area contributed by atoms with E-state index in [1.807, 2.05) is 12.1 Å². The van der Waals surface area contributed by atoms with Crippen molar-refractivity contribution in [3.05, 3.63) is 23.9 Å². The molecule has 3 heterocycles. The van der Waals surface area contributed by atoms with E-state index in [4.69, 9.17) is 0 Å². The number of hydrogen-bond acceptors (Lipinski definition) is 3. The van der Waals surface area contributed by atoms with Gasteiger partial charge in [-0.3, -0.25) is 9.69 Å². The second-order valence-corrected chi connectivity index (χ2v) is 7.01. The van der Waals surface area contributed by atoms with Crippen molar-refractivity contribution < 1.29 is 18.0 Å². The molecular formula is C18H24F3N3O. The summed E-state index contributed by atoms with van der Waals surface area (Å²) in [5.74, 6) is 0.535. The first kappa shape index (κ1) is 18.2. The second-order valence-electron chi connectivity index (χ2n) is 7.01. The van der Waals surface area contributed by atoms with Crippen molar-refractivity contribution in [2.45, 2.75) is 44.7 Å². The minimum absolute atomic E-state index is 0.109. The van der Waals surface area contributed by atoms with Crippen molar-refractivity contribution in [1.82, 2.24) is 9.88 Å². The highest BCUT2D eigenvalue weighted by Crippen LogP contribution is 2.30. The van der Waals surface area contributed by atoms with E-state index < -0.39 is 12.6 Å². The molecule has 0 saturated carbocycles. The van der Waals surface area contributed by atoms with Gasteiger partial charge in [-0.1, -0.05) is 6.07 Å². The number of rotatable bonds is 5. The molecule has 138 valence electrons. The molecule has 0 aromatic carbocycles. The summed E-state index contributed by atoms with van der Waals surface area (Å²) in [7, 11) is 0. The molecule has 2 aliphatic rings. The number of carbonyl (C=O) groups excluding carboxylic acids is 1. The Morgan fingerprint density at radius 3 is 2.84 bits per heavy atom. The standard InChI is InChI=1S/C18H24F3N3O/c19-18(20,21)12-14-6-10-23(13-14)11-7-15-4-3-8-22-17(15)24-9-2-1-5-16(24)25/h3-4,8,14H,1-2,5-7,9-13H2/t14-/m1/s1. The third-order valence-corrected chi connectivity index (χ3v) is 5.03. The number of likely N-dealkylation sites (tertiary alicyclic amines) is 1. The quantitative estimate of drug-likeness (QED) is 0.812. The van der Waals surface area contributed by atoms with Gasteiger partial charge in [0.2, 0.25) is 5.91 Å². The Balaban J connectivity index is 1.58. The number of halogens is 3. The molecule has 2 aliphatic heterocycles. The van der Waals surface area contributed by atoms with Crippen LogP contribution in [-0.4, -0.2) is 48.1 Å². The molecule has 1 aromatic heterocycles. The highest BCUT2D eigenvalue weighted by Gasteiger charge is 2.35. The molecule has 25 heavy (non-hydrogen) atoms. The highest BCUT2D eigenvalue weighted by molar-refractivity contribution is 5.93. The van der Waals surface area contributed by atoms with Gasteiger partial charge in [0.1, 0.15) is 5.82 Å². The summed E-state index contributed by atoms with van der Waals surface area (Å²) in [5.41, 5.74) is 0.997. The van der Waals surface area contributed by atoms with Crippen LogP contribution in [0.4, 0.5) is 19.0 Å². The molecule has 0 spiro atoms. The largest absolute Gasteiger partial charge is 0.389 e. The zero-order chi connectivity index (χ0) is 17.9. The predicted molar refractivity (Wildman–Crippen MR) is 89.4 cm³/mol. The van der Waals surface area contributed by atoms with Crippen molar-refractivity contribution in [1.29, 1.82) is 0 Å².